The van der Waals surface area contributed by atoms with Gasteiger partial charge in [-0.15, -0.1) is 0 Å². The Morgan fingerprint density at radius 2 is 2.10 bits per heavy atom. The summed E-state index contributed by atoms with van der Waals surface area (Å²) in [6.07, 6.45) is 1.40. The van der Waals surface area contributed by atoms with Crippen molar-refractivity contribution in [3.05, 3.63) is 29.8 Å². The standard InChI is InChI=1S/C15H17NO4/c17-14(16-7-3-4-10(8-16)15(18)19)12-9-20-13-6-2-1-5-11(12)13/h1-2,5-6,10,12H,3-4,7-9H2,(H,18,19)/t10-,12-/m1/s1. The summed E-state index contributed by atoms with van der Waals surface area (Å²) in [5.41, 5.74) is 0.912. The molecule has 1 aromatic carbocycles. The molecular formula is C15H17NO4. The van der Waals surface area contributed by atoms with Gasteiger partial charge in [0.15, 0.2) is 0 Å². The van der Waals surface area contributed by atoms with Crippen LogP contribution in [0.4, 0.5) is 0 Å². The van der Waals surface area contributed by atoms with Crippen LogP contribution in [0, 0.1) is 5.92 Å². The lowest BCUT2D eigenvalue weighted by atomic mass is 9.94. The normalized spacial score (nSPS) is 24.9. The Morgan fingerprint density at radius 1 is 1.30 bits per heavy atom. The lowest BCUT2D eigenvalue weighted by Gasteiger charge is -2.32. The number of carboxylic acids is 1. The number of carbonyl (C=O) groups is 2. The molecule has 2 atom stereocenters. The van der Waals surface area contributed by atoms with Crippen molar-refractivity contribution in [2.45, 2.75) is 18.8 Å². The van der Waals surface area contributed by atoms with Gasteiger partial charge >= 0.3 is 5.97 Å². The molecule has 1 saturated heterocycles. The predicted octanol–water partition coefficient (Wildman–Crippen LogP) is 1.49. The number of hydrogen-bond acceptors (Lipinski definition) is 3. The molecule has 0 radical (unpaired) electrons. The van der Waals surface area contributed by atoms with E-state index in [4.69, 9.17) is 9.84 Å². The number of carbonyl (C=O) groups excluding carboxylic acids is 1. The SMILES string of the molecule is O=C(O)[C@@H]1CCCN(C(=O)[C@@H]2COc3ccccc32)C1. The van der Waals surface area contributed by atoms with Crippen LogP contribution in [0.3, 0.4) is 0 Å². The maximum atomic E-state index is 12.6. The minimum atomic E-state index is -0.814. The molecule has 2 aliphatic rings. The molecular weight excluding hydrogens is 258 g/mol. The van der Waals surface area contributed by atoms with Gasteiger partial charge in [0.1, 0.15) is 18.3 Å². The first-order valence-corrected chi connectivity index (χ1v) is 6.90. The summed E-state index contributed by atoms with van der Waals surface area (Å²) in [7, 11) is 0. The molecule has 1 N–H and O–H groups in total. The Hall–Kier alpha value is -2.04. The van der Waals surface area contributed by atoms with Crippen molar-refractivity contribution >= 4 is 11.9 Å². The Labute approximate surface area is 117 Å². The molecule has 20 heavy (non-hydrogen) atoms. The summed E-state index contributed by atoms with van der Waals surface area (Å²) in [4.78, 5) is 25.3. The van der Waals surface area contributed by atoms with E-state index >= 15 is 0 Å². The minimum Gasteiger partial charge on any atom is -0.492 e. The van der Waals surface area contributed by atoms with Crippen LogP contribution in [0.15, 0.2) is 24.3 Å². The first-order chi connectivity index (χ1) is 9.66. The number of nitrogens with zero attached hydrogens (tertiary/aromatic N) is 1. The third-order valence-corrected chi connectivity index (χ3v) is 4.08. The van der Waals surface area contributed by atoms with Crippen molar-refractivity contribution < 1.29 is 19.4 Å². The van der Waals surface area contributed by atoms with Crippen LogP contribution in [0.25, 0.3) is 0 Å². The van der Waals surface area contributed by atoms with E-state index in [1.165, 1.54) is 0 Å². The summed E-state index contributed by atoms with van der Waals surface area (Å²) >= 11 is 0. The smallest absolute Gasteiger partial charge is 0.308 e. The van der Waals surface area contributed by atoms with Crippen molar-refractivity contribution in [1.29, 1.82) is 0 Å². The lowest BCUT2D eigenvalue weighted by Crippen LogP contribution is -2.44. The van der Waals surface area contributed by atoms with Crippen LogP contribution in [-0.4, -0.2) is 41.6 Å². The number of rotatable bonds is 2. The number of fused-ring (bicyclic) bond motifs is 1. The largest absolute Gasteiger partial charge is 0.492 e. The molecule has 5 heteroatoms. The van der Waals surface area contributed by atoms with E-state index in [0.29, 0.717) is 26.1 Å². The number of ether oxygens (including phenoxy) is 1. The Balaban J connectivity index is 1.75. The van der Waals surface area contributed by atoms with E-state index in [9.17, 15) is 9.59 Å². The second-order valence-electron chi connectivity index (χ2n) is 5.36. The van der Waals surface area contributed by atoms with Crippen LogP contribution in [0.5, 0.6) is 5.75 Å². The van der Waals surface area contributed by atoms with Gasteiger partial charge in [-0.3, -0.25) is 9.59 Å². The highest BCUT2D eigenvalue weighted by atomic mass is 16.5. The predicted molar refractivity (Wildman–Crippen MR) is 71.6 cm³/mol. The van der Waals surface area contributed by atoms with Gasteiger partial charge in [-0.25, -0.2) is 0 Å². The molecule has 1 fully saturated rings. The molecule has 1 amide bonds. The van der Waals surface area contributed by atoms with Crippen molar-refractivity contribution in [2.75, 3.05) is 19.7 Å². The number of para-hydroxylation sites is 1. The van der Waals surface area contributed by atoms with Gasteiger partial charge in [0.2, 0.25) is 5.91 Å². The molecule has 2 aliphatic heterocycles. The number of aliphatic carboxylic acids is 1. The molecule has 0 aromatic heterocycles. The Morgan fingerprint density at radius 3 is 2.90 bits per heavy atom. The number of carboxylic acid groups (broad SMARTS) is 1. The fourth-order valence-corrected chi connectivity index (χ4v) is 2.97. The highest BCUT2D eigenvalue weighted by Crippen LogP contribution is 2.35. The number of hydrogen-bond donors (Lipinski definition) is 1. The quantitative estimate of drug-likeness (QED) is 0.888. The number of likely N-dealkylation sites (tertiary alicyclic amines) is 1. The Kier molecular flexibility index (Phi) is 3.34. The van der Waals surface area contributed by atoms with Crippen molar-refractivity contribution in [3.8, 4) is 5.75 Å². The fraction of sp³-hybridized carbons (Fsp3) is 0.467. The number of benzene rings is 1. The molecule has 0 saturated carbocycles. The van der Waals surface area contributed by atoms with E-state index in [0.717, 1.165) is 17.7 Å². The van der Waals surface area contributed by atoms with E-state index in [2.05, 4.69) is 0 Å². The topological polar surface area (TPSA) is 66.8 Å². The van der Waals surface area contributed by atoms with Crippen LogP contribution < -0.4 is 4.74 Å². The average Bonchev–Trinajstić information content (AvgIpc) is 2.90. The summed E-state index contributed by atoms with van der Waals surface area (Å²) in [6.45, 7) is 1.31. The van der Waals surface area contributed by atoms with Crippen LogP contribution in [0.1, 0.15) is 24.3 Å². The van der Waals surface area contributed by atoms with Crippen molar-refractivity contribution in [2.24, 2.45) is 5.92 Å². The van der Waals surface area contributed by atoms with E-state index in [1.807, 2.05) is 24.3 Å². The van der Waals surface area contributed by atoms with Gasteiger partial charge in [-0.05, 0) is 18.9 Å². The van der Waals surface area contributed by atoms with E-state index < -0.39 is 11.9 Å². The summed E-state index contributed by atoms with van der Waals surface area (Å²) < 4.78 is 5.53. The third kappa shape index (κ3) is 2.24. The summed E-state index contributed by atoms with van der Waals surface area (Å²) in [6, 6.07) is 7.54. The zero-order chi connectivity index (χ0) is 14.1. The van der Waals surface area contributed by atoms with Gasteiger partial charge in [-0.2, -0.15) is 0 Å². The molecule has 106 valence electrons. The fourth-order valence-electron chi connectivity index (χ4n) is 2.97. The van der Waals surface area contributed by atoms with E-state index in [-0.39, 0.29) is 11.8 Å². The molecule has 3 rings (SSSR count). The lowest BCUT2D eigenvalue weighted by molar-refractivity contribution is -0.146. The Bertz CT molecular complexity index is 542. The summed E-state index contributed by atoms with van der Waals surface area (Å²) in [5, 5.41) is 9.10. The van der Waals surface area contributed by atoms with Gasteiger partial charge in [0.05, 0.1) is 5.92 Å². The van der Waals surface area contributed by atoms with Crippen LogP contribution >= 0.6 is 0 Å². The second-order valence-corrected chi connectivity index (χ2v) is 5.36. The molecule has 0 bridgehead atoms. The molecule has 0 aliphatic carbocycles. The molecule has 0 unspecified atom stereocenters. The zero-order valence-corrected chi connectivity index (χ0v) is 11.1. The molecule has 0 spiro atoms. The minimum absolute atomic E-state index is 0.0131. The zero-order valence-electron chi connectivity index (χ0n) is 11.1. The van der Waals surface area contributed by atoms with Crippen molar-refractivity contribution in [3.63, 3.8) is 0 Å². The molecule has 1 aromatic rings. The highest BCUT2D eigenvalue weighted by Gasteiger charge is 2.36. The maximum Gasteiger partial charge on any atom is 0.308 e. The van der Waals surface area contributed by atoms with Crippen LogP contribution in [0.2, 0.25) is 0 Å². The second kappa shape index (κ2) is 5.15. The van der Waals surface area contributed by atoms with Gasteiger partial charge < -0.3 is 14.7 Å². The third-order valence-electron chi connectivity index (χ3n) is 4.08. The average molecular weight is 275 g/mol. The molecule has 2 heterocycles. The summed E-state index contributed by atoms with van der Waals surface area (Å²) in [5.74, 6) is -0.798. The number of amides is 1. The monoisotopic (exact) mass is 275 g/mol. The first-order valence-electron chi connectivity index (χ1n) is 6.90. The molecule has 5 nitrogen and oxygen atoms in total. The maximum absolute atomic E-state index is 12.6. The van der Waals surface area contributed by atoms with E-state index in [1.54, 1.807) is 4.90 Å². The highest BCUT2D eigenvalue weighted by molar-refractivity contribution is 5.86. The van der Waals surface area contributed by atoms with Gasteiger partial charge in [-0.1, -0.05) is 18.2 Å². The first kappa shape index (κ1) is 13.0. The van der Waals surface area contributed by atoms with Crippen LogP contribution in [-0.2, 0) is 9.59 Å². The number of piperidine rings is 1. The van der Waals surface area contributed by atoms with Gasteiger partial charge in [0.25, 0.3) is 0 Å². The van der Waals surface area contributed by atoms with Crippen molar-refractivity contribution in [1.82, 2.24) is 4.90 Å². The van der Waals surface area contributed by atoms with Gasteiger partial charge in [0, 0.05) is 18.7 Å².